The van der Waals surface area contributed by atoms with Crippen LogP contribution in [0.3, 0.4) is 0 Å². The number of rotatable bonds is 27. The highest BCUT2D eigenvalue weighted by Gasteiger charge is 2.28. The number of ketones is 3. The Kier molecular flexibility index (Phi) is 23.6. The smallest absolute Gasteiger partial charge is 0.297 e. The number of nitrogens with zero attached hydrogens (tertiary/aromatic N) is 11. The van der Waals surface area contributed by atoms with Crippen LogP contribution in [0.2, 0.25) is 0 Å². The number of para-hydroxylation sites is 3. The van der Waals surface area contributed by atoms with Crippen molar-refractivity contribution in [1.29, 1.82) is 0 Å². The predicted octanol–water partition coefficient (Wildman–Crippen LogP) is 12.6. The largest absolute Gasteiger partial charge is 0.420 e. The number of hydrogen-bond donors (Lipinski definition) is 4. The molecule has 3 aliphatic heterocycles. The summed E-state index contributed by atoms with van der Waals surface area (Å²) in [6, 6.07) is 25.6. The van der Waals surface area contributed by atoms with Crippen LogP contribution in [0.1, 0.15) is 147 Å². The first kappa shape index (κ1) is 65.4. The van der Waals surface area contributed by atoms with E-state index in [1.165, 1.54) is 44.2 Å². The van der Waals surface area contributed by atoms with Gasteiger partial charge in [0, 0.05) is 149 Å². The Morgan fingerprint density at radius 2 is 0.933 bits per heavy atom. The lowest BCUT2D eigenvalue weighted by Crippen LogP contribution is -2.46. The van der Waals surface area contributed by atoms with Crippen LogP contribution in [-0.4, -0.2) is 176 Å². The Hall–Kier alpha value is -7.52. The van der Waals surface area contributed by atoms with Gasteiger partial charge in [0.15, 0.2) is 33.9 Å². The van der Waals surface area contributed by atoms with Crippen molar-refractivity contribution in [3.05, 3.63) is 131 Å². The number of carbonyl (C=O) groups excluding carboxylic acids is 3. The number of fused-ring (bicyclic) bond motifs is 3. The molecule has 20 heteroatoms. The number of Topliss-reactive ketones (excluding diaryl/α,β-unsaturated/α-hetero) is 3. The van der Waals surface area contributed by atoms with E-state index in [2.05, 4.69) is 189 Å². The van der Waals surface area contributed by atoms with E-state index in [1.54, 1.807) is 6.20 Å². The van der Waals surface area contributed by atoms with Gasteiger partial charge in [-0.1, -0.05) is 127 Å². The summed E-state index contributed by atoms with van der Waals surface area (Å²) in [7, 11) is 0. The van der Waals surface area contributed by atoms with Crippen molar-refractivity contribution in [2.24, 2.45) is 17.8 Å². The van der Waals surface area contributed by atoms with Gasteiger partial charge in [-0.25, -0.2) is 4.98 Å². The highest BCUT2D eigenvalue weighted by Crippen LogP contribution is 2.31. The van der Waals surface area contributed by atoms with Gasteiger partial charge in [0.1, 0.15) is 0 Å². The fraction of sp³-hybridized carbons (Fsp3) is 0.514. The molecular formula is C70H95N15O4S. The molecule has 0 saturated carbocycles. The van der Waals surface area contributed by atoms with E-state index in [4.69, 9.17) is 4.42 Å². The predicted molar refractivity (Wildman–Crippen MR) is 364 cm³/mol. The lowest BCUT2D eigenvalue weighted by atomic mass is 9.90. The van der Waals surface area contributed by atoms with E-state index in [-0.39, 0.29) is 17.3 Å². The van der Waals surface area contributed by atoms with Crippen LogP contribution in [0.5, 0.6) is 0 Å². The number of benzene rings is 3. The molecule has 3 unspecified atom stereocenters. The van der Waals surface area contributed by atoms with Gasteiger partial charge in [-0.15, -0.1) is 15.3 Å². The Bertz CT molecular complexity index is 3290. The molecule has 90 heavy (non-hydrogen) atoms. The minimum absolute atomic E-state index is 0.0548. The second-order valence-electron chi connectivity index (χ2n) is 24.7. The van der Waals surface area contributed by atoms with Crippen molar-refractivity contribution in [3.63, 3.8) is 0 Å². The van der Waals surface area contributed by atoms with Gasteiger partial charge >= 0.3 is 0 Å². The topological polar surface area (TPSA) is 211 Å². The van der Waals surface area contributed by atoms with Crippen molar-refractivity contribution < 1.29 is 18.8 Å². The van der Waals surface area contributed by atoms with E-state index in [0.29, 0.717) is 65.6 Å². The van der Waals surface area contributed by atoms with Crippen LogP contribution in [0.4, 0.5) is 17.1 Å². The maximum absolute atomic E-state index is 13.0. The molecule has 9 heterocycles. The normalized spacial score (nSPS) is 16.3. The summed E-state index contributed by atoms with van der Waals surface area (Å²) in [6.45, 7) is 27.9. The fourth-order valence-electron chi connectivity index (χ4n) is 13.2. The first-order valence-corrected chi connectivity index (χ1v) is 34.2. The van der Waals surface area contributed by atoms with Gasteiger partial charge in [-0.2, -0.15) is 4.98 Å². The van der Waals surface area contributed by atoms with Crippen molar-refractivity contribution >= 4 is 78.5 Å². The van der Waals surface area contributed by atoms with Crippen molar-refractivity contribution in [3.8, 4) is 0 Å². The Morgan fingerprint density at radius 1 is 0.511 bits per heavy atom. The summed E-state index contributed by atoms with van der Waals surface area (Å²) in [5.41, 5.74) is 7.32. The third-order valence-corrected chi connectivity index (χ3v) is 19.5. The first-order valence-electron chi connectivity index (χ1n) is 33.4. The van der Waals surface area contributed by atoms with Crippen LogP contribution < -0.4 is 14.7 Å². The number of piperazine rings is 3. The molecule has 3 fully saturated rings. The van der Waals surface area contributed by atoms with Crippen molar-refractivity contribution in [2.75, 3.05) is 113 Å². The highest BCUT2D eigenvalue weighted by molar-refractivity contribution is 7.17. The number of likely N-dealkylation sites (N-methyl/N-ethyl adjacent to an activating group) is 3. The fourth-order valence-corrected chi connectivity index (χ4v) is 14.1. The molecule has 0 amide bonds. The van der Waals surface area contributed by atoms with E-state index < -0.39 is 0 Å². The standard InChI is InChI=1S/C24H32N4O2.C23H32N6O.C23H31N5OS/c1-3-7-18(14-19-16-25-21-9-6-5-8-20(19)21)15-22(29)23-17-26-24(30-23)28-12-10-27(4-2)11-13-28;1-3-7-17(14-18-16-24-20-9-6-5-8-19(18)20)15-21(30)22-25-23(27-26-22)29-12-10-28(4-2)11-13-29;1-3-7-17(14-18-16-24-20-9-6-5-8-19(18)20)15-21(29)22-25-26-23(30-22)28-12-10-27(4-2)11-13-28/h5-6,8-9,16-18,25H,3-4,7,10-15H2,1-2H3;5-6,8-9,16-17,24H,3-4,7,10-15H2,1-2H3,(H,25,26,27);5-6,8-9,16-17,24H,3-4,7,10-15H2,1-2H3. The van der Waals surface area contributed by atoms with Crippen LogP contribution in [0, 0.1) is 17.8 Å². The number of anilines is 3. The molecule has 19 nitrogen and oxygen atoms in total. The van der Waals surface area contributed by atoms with E-state index in [0.717, 1.165) is 178 Å². The molecule has 12 rings (SSSR count). The Labute approximate surface area is 534 Å². The quantitative estimate of drug-likeness (QED) is 0.0353. The van der Waals surface area contributed by atoms with Gasteiger partial charge in [0.05, 0.1) is 6.20 Å². The summed E-state index contributed by atoms with van der Waals surface area (Å²) in [4.78, 5) is 71.7. The zero-order valence-corrected chi connectivity index (χ0v) is 54.8. The van der Waals surface area contributed by atoms with E-state index in [9.17, 15) is 14.4 Å². The molecule has 0 aliphatic carbocycles. The maximum Gasteiger partial charge on any atom is 0.297 e. The Balaban J connectivity index is 0.000000148. The molecule has 0 radical (unpaired) electrons. The van der Waals surface area contributed by atoms with Crippen LogP contribution in [0.15, 0.2) is 102 Å². The van der Waals surface area contributed by atoms with Crippen molar-refractivity contribution in [1.82, 2.24) is 60.0 Å². The molecule has 3 aliphatic rings. The lowest BCUT2D eigenvalue weighted by molar-refractivity contribution is 0.0927. The number of nitrogens with one attached hydrogen (secondary N) is 4. The number of H-pyrrole nitrogens is 4. The molecule has 6 aromatic heterocycles. The average Bonchev–Trinajstić information content (AvgIpc) is 2.26. The Morgan fingerprint density at radius 3 is 1.39 bits per heavy atom. The molecule has 9 aromatic rings. The summed E-state index contributed by atoms with van der Waals surface area (Å²) < 4.78 is 5.88. The van der Waals surface area contributed by atoms with E-state index >= 15 is 0 Å². The lowest BCUT2D eigenvalue weighted by Gasteiger charge is -2.33. The third-order valence-electron chi connectivity index (χ3n) is 18.5. The minimum Gasteiger partial charge on any atom is -0.420 e. The molecule has 4 N–H and O–H groups in total. The first-order chi connectivity index (χ1) is 44.0. The number of aromatic nitrogens is 9. The molecule has 3 aromatic carbocycles. The van der Waals surface area contributed by atoms with Gasteiger partial charge in [0.25, 0.3) is 6.01 Å². The molecule has 0 spiro atoms. The second-order valence-corrected chi connectivity index (χ2v) is 25.6. The van der Waals surface area contributed by atoms with Gasteiger partial charge in [-0.3, -0.25) is 19.5 Å². The number of carbonyl (C=O) groups is 3. The van der Waals surface area contributed by atoms with Crippen LogP contribution in [-0.2, 0) is 19.3 Å². The monoisotopic (exact) mass is 1240 g/mol. The summed E-state index contributed by atoms with van der Waals surface area (Å²) in [5.74, 6) is 2.58. The van der Waals surface area contributed by atoms with Gasteiger partial charge in [-0.05, 0) is 111 Å². The summed E-state index contributed by atoms with van der Waals surface area (Å²) in [5, 5.41) is 21.0. The molecular weight excluding hydrogens is 1150 g/mol. The zero-order chi connectivity index (χ0) is 62.8. The van der Waals surface area contributed by atoms with Crippen LogP contribution in [0.25, 0.3) is 32.7 Å². The number of aromatic amines is 4. The zero-order valence-electron chi connectivity index (χ0n) is 54.0. The maximum atomic E-state index is 13.0. The molecule has 0 bridgehead atoms. The average molecular weight is 1240 g/mol. The molecule has 3 saturated heterocycles. The third kappa shape index (κ3) is 17.1. The molecule has 3 atom stereocenters. The highest BCUT2D eigenvalue weighted by atomic mass is 32.1. The van der Waals surface area contributed by atoms with E-state index in [1.807, 2.05) is 18.2 Å². The summed E-state index contributed by atoms with van der Waals surface area (Å²) in [6.07, 6.45) is 18.4. The number of oxazole rings is 1. The second kappa shape index (κ2) is 32.5. The van der Waals surface area contributed by atoms with Crippen molar-refractivity contribution in [2.45, 2.75) is 119 Å². The molecule has 480 valence electrons. The minimum atomic E-state index is 0.0548. The van der Waals surface area contributed by atoms with Gasteiger partial charge < -0.3 is 48.8 Å². The van der Waals surface area contributed by atoms with Crippen LogP contribution >= 0.6 is 11.3 Å². The number of hydrogen-bond acceptors (Lipinski definition) is 16. The summed E-state index contributed by atoms with van der Waals surface area (Å²) >= 11 is 1.46. The van der Waals surface area contributed by atoms with Gasteiger partial charge in [0.2, 0.25) is 11.1 Å². The SMILES string of the molecule is CCCC(CC(=O)c1cnc(N2CCN(CC)CC2)o1)Cc1c[nH]c2ccccc12.CCCC(CC(=O)c1nc(N2CCN(CC)CC2)n[nH]1)Cc1c[nH]c2ccccc12.CCCC(CC(=O)c1nnc(N2CCN(CC)CC2)s1)Cc1c[nH]c2ccccc12.